The third kappa shape index (κ3) is 4.30. The van der Waals surface area contributed by atoms with Gasteiger partial charge in [0.25, 0.3) is 15.7 Å². The lowest BCUT2D eigenvalue weighted by Crippen LogP contribution is -2.38. The van der Waals surface area contributed by atoms with Crippen molar-refractivity contribution in [2.24, 2.45) is 0 Å². The first kappa shape index (κ1) is 22.9. The second-order valence-corrected chi connectivity index (χ2v) is 9.97. The highest BCUT2D eigenvalue weighted by Gasteiger charge is 2.56. The van der Waals surface area contributed by atoms with Crippen molar-refractivity contribution in [1.29, 1.82) is 0 Å². The number of hydrogen-bond donors (Lipinski definition) is 1. The van der Waals surface area contributed by atoms with Gasteiger partial charge in [-0.2, -0.15) is 8.42 Å². The zero-order valence-electron chi connectivity index (χ0n) is 18.2. The van der Waals surface area contributed by atoms with Crippen LogP contribution in [0.25, 0.3) is 0 Å². The lowest BCUT2D eigenvalue weighted by Gasteiger charge is -2.25. The lowest BCUT2D eigenvalue weighted by molar-refractivity contribution is -0.199. The maximum absolute atomic E-state index is 12.6. The maximum atomic E-state index is 12.6. The molecule has 2 fully saturated rings. The van der Waals surface area contributed by atoms with Crippen LogP contribution in [0.3, 0.4) is 0 Å². The Morgan fingerprint density at radius 1 is 1.12 bits per heavy atom. The highest BCUT2D eigenvalue weighted by atomic mass is 32.2. The lowest BCUT2D eigenvalue weighted by atomic mass is 10.1. The zero-order valence-corrected chi connectivity index (χ0v) is 19.0. The van der Waals surface area contributed by atoms with Gasteiger partial charge in [-0.25, -0.2) is 4.79 Å². The summed E-state index contributed by atoms with van der Waals surface area (Å²) in [6.45, 7) is 6.76. The average Bonchev–Trinajstić information content (AvgIpc) is 3.20. The quantitative estimate of drug-likeness (QED) is 0.630. The molecule has 32 heavy (non-hydrogen) atoms. The molecule has 174 valence electrons. The highest BCUT2D eigenvalue weighted by molar-refractivity contribution is 7.86. The van der Waals surface area contributed by atoms with Crippen LogP contribution < -0.4 is 11.2 Å². The molecule has 1 N–H and O–H groups in total. The number of benzene rings is 1. The molecular formula is C21H26N2O8S. The fourth-order valence-electron chi connectivity index (χ4n) is 3.91. The number of nitrogens with one attached hydrogen (secondary N) is 1. The number of aryl methyl sites for hydroxylation is 2. The molecule has 4 atom stereocenters. The molecule has 0 spiro atoms. The van der Waals surface area contributed by atoms with Gasteiger partial charge in [0.1, 0.15) is 18.3 Å². The van der Waals surface area contributed by atoms with Crippen LogP contribution in [0.1, 0.15) is 38.1 Å². The summed E-state index contributed by atoms with van der Waals surface area (Å²) in [5.74, 6) is -0.967. The Kier molecular flexibility index (Phi) is 5.88. The SMILES string of the molecule is CCc1cn([C@@H]2O[C@H](COS(=O)(=O)c3ccc(C)cc3)[C@H]3OC(C)(C)O[C@H]32)c(=O)[nH]c1=O. The molecule has 2 aromatic rings. The van der Waals surface area contributed by atoms with Crippen LogP contribution in [0.5, 0.6) is 0 Å². The molecule has 1 aromatic carbocycles. The molecule has 1 aromatic heterocycles. The van der Waals surface area contributed by atoms with Crippen molar-refractivity contribution in [3.63, 3.8) is 0 Å². The molecule has 2 saturated heterocycles. The van der Waals surface area contributed by atoms with E-state index in [2.05, 4.69) is 4.98 Å². The molecular weight excluding hydrogens is 440 g/mol. The van der Waals surface area contributed by atoms with E-state index >= 15 is 0 Å². The molecule has 4 rings (SSSR count). The summed E-state index contributed by atoms with van der Waals surface area (Å²) in [7, 11) is -4.02. The van der Waals surface area contributed by atoms with Gasteiger partial charge >= 0.3 is 5.69 Å². The number of nitrogens with zero attached hydrogens (tertiary/aromatic N) is 1. The topological polar surface area (TPSA) is 126 Å². The average molecular weight is 467 g/mol. The Hall–Kier alpha value is -2.31. The minimum atomic E-state index is -4.02. The number of H-pyrrole nitrogens is 1. The summed E-state index contributed by atoms with van der Waals surface area (Å²) in [5, 5.41) is 0. The molecule has 2 aliphatic rings. The molecule has 0 saturated carbocycles. The highest BCUT2D eigenvalue weighted by Crippen LogP contribution is 2.42. The van der Waals surface area contributed by atoms with E-state index < -0.39 is 51.7 Å². The molecule has 11 heteroatoms. The largest absolute Gasteiger partial charge is 0.346 e. The standard InChI is InChI=1S/C21H26N2O8S/c1-5-13-10-23(20(25)22-18(13)24)19-17-16(30-21(3,4)31-17)15(29-19)11-28-32(26,27)14-8-6-12(2)7-9-14/h6-10,15-17,19H,5,11H2,1-4H3,(H,22,24,25)/t15-,16-,17-,19-/m1/s1. The molecule has 0 radical (unpaired) electrons. The number of ether oxygens (including phenoxy) is 3. The first-order chi connectivity index (χ1) is 15.0. The Bertz CT molecular complexity index is 1220. The van der Waals surface area contributed by atoms with Crippen molar-refractivity contribution < 1.29 is 26.8 Å². The van der Waals surface area contributed by atoms with Crippen LogP contribution in [-0.4, -0.2) is 48.7 Å². The van der Waals surface area contributed by atoms with Gasteiger partial charge in [0, 0.05) is 11.8 Å². The number of aromatic nitrogens is 2. The van der Waals surface area contributed by atoms with Gasteiger partial charge in [0.05, 0.1) is 11.5 Å². The second kappa shape index (κ2) is 8.23. The van der Waals surface area contributed by atoms with E-state index in [0.29, 0.717) is 12.0 Å². The molecule has 3 heterocycles. The third-order valence-electron chi connectivity index (χ3n) is 5.52. The summed E-state index contributed by atoms with van der Waals surface area (Å²) in [6.07, 6.45) is -1.27. The van der Waals surface area contributed by atoms with Gasteiger partial charge in [0.2, 0.25) is 0 Å². The first-order valence-electron chi connectivity index (χ1n) is 10.3. The van der Waals surface area contributed by atoms with Crippen LogP contribution in [0.2, 0.25) is 0 Å². The van der Waals surface area contributed by atoms with Crippen LogP contribution in [0.4, 0.5) is 0 Å². The second-order valence-electron chi connectivity index (χ2n) is 8.36. The third-order valence-corrected chi connectivity index (χ3v) is 6.81. The summed E-state index contributed by atoms with van der Waals surface area (Å²) in [5.41, 5.74) is 0.212. The van der Waals surface area contributed by atoms with Gasteiger partial charge in [-0.3, -0.25) is 18.5 Å². The van der Waals surface area contributed by atoms with Crippen molar-refractivity contribution >= 4 is 10.1 Å². The van der Waals surface area contributed by atoms with E-state index in [-0.39, 0.29) is 11.5 Å². The van der Waals surface area contributed by atoms with Crippen LogP contribution in [0, 0.1) is 6.92 Å². The summed E-state index contributed by atoms with van der Waals surface area (Å²) in [6, 6.07) is 6.30. The van der Waals surface area contributed by atoms with E-state index in [9.17, 15) is 18.0 Å². The van der Waals surface area contributed by atoms with Gasteiger partial charge in [0.15, 0.2) is 12.0 Å². The molecule has 10 nitrogen and oxygen atoms in total. The van der Waals surface area contributed by atoms with Crippen LogP contribution >= 0.6 is 0 Å². The summed E-state index contributed by atoms with van der Waals surface area (Å²) < 4.78 is 49.6. The molecule has 0 aliphatic carbocycles. The fraction of sp³-hybridized carbons (Fsp3) is 0.524. The fourth-order valence-corrected chi connectivity index (χ4v) is 4.83. The Labute approximate surface area is 185 Å². The normalized spacial score (nSPS) is 26.9. The van der Waals surface area contributed by atoms with Gasteiger partial charge in [-0.15, -0.1) is 0 Å². The van der Waals surface area contributed by atoms with Crippen LogP contribution in [0.15, 0.2) is 44.9 Å². The van der Waals surface area contributed by atoms with Crippen molar-refractivity contribution in [1.82, 2.24) is 9.55 Å². The number of hydrogen-bond acceptors (Lipinski definition) is 8. The summed E-state index contributed by atoms with van der Waals surface area (Å²) >= 11 is 0. The van der Waals surface area contributed by atoms with E-state index in [4.69, 9.17) is 18.4 Å². The Morgan fingerprint density at radius 3 is 2.44 bits per heavy atom. The van der Waals surface area contributed by atoms with E-state index in [1.54, 1.807) is 32.9 Å². The maximum Gasteiger partial charge on any atom is 0.330 e. The molecule has 0 unspecified atom stereocenters. The number of rotatable bonds is 6. The van der Waals surface area contributed by atoms with E-state index in [1.165, 1.54) is 22.9 Å². The summed E-state index contributed by atoms with van der Waals surface area (Å²) in [4.78, 5) is 26.7. The predicted molar refractivity (Wildman–Crippen MR) is 113 cm³/mol. The monoisotopic (exact) mass is 466 g/mol. The molecule has 0 bridgehead atoms. The smallest absolute Gasteiger partial charge is 0.330 e. The predicted octanol–water partition coefficient (Wildman–Crippen LogP) is 1.23. The van der Waals surface area contributed by atoms with Crippen molar-refractivity contribution in [3.05, 3.63) is 62.4 Å². The van der Waals surface area contributed by atoms with E-state index in [0.717, 1.165) is 5.56 Å². The minimum absolute atomic E-state index is 0.0301. The Balaban J connectivity index is 1.60. The number of aromatic amines is 1. The van der Waals surface area contributed by atoms with Crippen molar-refractivity contribution in [2.75, 3.05) is 6.61 Å². The van der Waals surface area contributed by atoms with Crippen LogP contribution in [-0.2, 0) is 34.9 Å². The van der Waals surface area contributed by atoms with Gasteiger partial charge in [-0.1, -0.05) is 24.6 Å². The van der Waals surface area contributed by atoms with Gasteiger partial charge < -0.3 is 14.2 Å². The number of fused-ring (bicyclic) bond motifs is 1. The molecule has 2 aliphatic heterocycles. The molecule has 0 amide bonds. The zero-order chi connectivity index (χ0) is 23.3. The van der Waals surface area contributed by atoms with Crippen molar-refractivity contribution in [3.8, 4) is 0 Å². The van der Waals surface area contributed by atoms with Gasteiger partial charge in [-0.05, 0) is 39.3 Å². The minimum Gasteiger partial charge on any atom is -0.346 e. The first-order valence-corrected chi connectivity index (χ1v) is 11.7. The van der Waals surface area contributed by atoms with Crippen molar-refractivity contribution in [2.45, 2.75) is 69.3 Å². The Morgan fingerprint density at radius 2 is 1.78 bits per heavy atom. The van der Waals surface area contributed by atoms with E-state index in [1.807, 2.05) is 6.92 Å².